The Kier molecular flexibility index (Phi) is 6.87. The highest BCUT2D eigenvalue weighted by Gasteiger charge is 2.15. The summed E-state index contributed by atoms with van der Waals surface area (Å²) >= 11 is 11.9. The zero-order valence-electron chi connectivity index (χ0n) is 15.9. The number of rotatable bonds is 7. The molecule has 0 radical (unpaired) electrons. The van der Waals surface area contributed by atoms with Crippen LogP contribution in [0.1, 0.15) is 5.56 Å². The van der Waals surface area contributed by atoms with Crippen LogP contribution in [0.4, 0.5) is 11.4 Å². The van der Waals surface area contributed by atoms with Crippen molar-refractivity contribution in [3.05, 3.63) is 82.3 Å². The molecule has 3 rings (SSSR count). The van der Waals surface area contributed by atoms with Gasteiger partial charge in [-0.2, -0.15) is 0 Å². The molecule has 30 heavy (non-hydrogen) atoms. The maximum Gasteiger partial charge on any atom is 0.262 e. The fourth-order valence-corrected chi connectivity index (χ4v) is 4.02. The number of benzene rings is 3. The van der Waals surface area contributed by atoms with E-state index in [4.69, 9.17) is 27.9 Å². The molecular formula is C21H18Cl2N2O4S. The van der Waals surface area contributed by atoms with E-state index in [2.05, 4.69) is 10.0 Å². The average Bonchev–Trinajstić information content (AvgIpc) is 2.72. The van der Waals surface area contributed by atoms with Crippen molar-refractivity contribution < 1.29 is 17.9 Å². The van der Waals surface area contributed by atoms with Gasteiger partial charge in [0.2, 0.25) is 0 Å². The Morgan fingerprint density at radius 3 is 2.30 bits per heavy atom. The number of nitrogens with one attached hydrogen (secondary N) is 2. The maximum atomic E-state index is 12.6. The third-order valence-corrected chi connectivity index (χ3v) is 6.32. The van der Waals surface area contributed by atoms with Crippen LogP contribution in [0.5, 0.6) is 5.75 Å². The first kappa shape index (κ1) is 22.0. The van der Waals surface area contributed by atoms with Crippen molar-refractivity contribution in [1.29, 1.82) is 0 Å². The van der Waals surface area contributed by atoms with Gasteiger partial charge in [0, 0.05) is 0 Å². The average molecular weight is 465 g/mol. The molecule has 0 saturated heterocycles. The fourth-order valence-electron chi connectivity index (χ4n) is 2.54. The van der Waals surface area contributed by atoms with Gasteiger partial charge in [-0.1, -0.05) is 47.5 Å². The first-order chi connectivity index (χ1) is 14.3. The summed E-state index contributed by atoms with van der Waals surface area (Å²) in [7, 11) is -3.75. The van der Waals surface area contributed by atoms with Crippen molar-refractivity contribution in [3.8, 4) is 5.75 Å². The second kappa shape index (κ2) is 9.38. The summed E-state index contributed by atoms with van der Waals surface area (Å²) in [5.74, 6) is -0.0886. The molecule has 0 aromatic heterocycles. The molecule has 6 nitrogen and oxygen atoms in total. The molecule has 0 aliphatic rings. The van der Waals surface area contributed by atoms with Crippen LogP contribution < -0.4 is 14.8 Å². The van der Waals surface area contributed by atoms with Crippen LogP contribution in [0.2, 0.25) is 10.0 Å². The molecule has 0 fully saturated rings. The quantitative estimate of drug-likeness (QED) is 0.507. The molecular weight excluding hydrogens is 447 g/mol. The number of halogens is 2. The molecule has 0 bridgehead atoms. The van der Waals surface area contributed by atoms with Crippen molar-refractivity contribution in [2.24, 2.45) is 0 Å². The van der Waals surface area contributed by atoms with Gasteiger partial charge in [-0.3, -0.25) is 9.52 Å². The Balaban J connectivity index is 1.61. The Bertz CT molecular complexity index is 1170. The van der Waals surface area contributed by atoms with Crippen LogP contribution >= 0.6 is 23.2 Å². The summed E-state index contributed by atoms with van der Waals surface area (Å²) < 4.78 is 33.1. The lowest BCUT2D eigenvalue weighted by Crippen LogP contribution is -2.20. The van der Waals surface area contributed by atoms with E-state index < -0.39 is 15.9 Å². The summed E-state index contributed by atoms with van der Waals surface area (Å²) in [4.78, 5) is 12.1. The van der Waals surface area contributed by atoms with Crippen molar-refractivity contribution in [2.45, 2.75) is 11.8 Å². The SMILES string of the molecule is Cc1ccccc1NS(=O)(=O)c1ccc(OCC(=O)Nc2cccc(Cl)c2Cl)cc1. The summed E-state index contributed by atoms with van der Waals surface area (Å²) in [6.45, 7) is 1.53. The normalized spacial score (nSPS) is 11.0. The van der Waals surface area contributed by atoms with Gasteiger partial charge in [0.05, 0.1) is 26.3 Å². The third kappa shape index (κ3) is 5.44. The van der Waals surface area contributed by atoms with Crippen LogP contribution in [0.15, 0.2) is 71.6 Å². The van der Waals surface area contributed by atoms with Crippen molar-refractivity contribution >= 4 is 50.5 Å². The maximum absolute atomic E-state index is 12.6. The van der Waals surface area contributed by atoms with Crippen molar-refractivity contribution in [3.63, 3.8) is 0 Å². The van der Waals surface area contributed by atoms with E-state index in [1.54, 1.807) is 30.3 Å². The molecule has 9 heteroatoms. The predicted molar refractivity (Wildman–Crippen MR) is 119 cm³/mol. The van der Waals surface area contributed by atoms with Gasteiger partial charge in [0.25, 0.3) is 15.9 Å². The smallest absolute Gasteiger partial charge is 0.262 e. The largest absolute Gasteiger partial charge is 0.484 e. The molecule has 0 atom stereocenters. The molecule has 0 aliphatic heterocycles. The Morgan fingerprint density at radius 1 is 0.933 bits per heavy atom. The minimum atomic E-state index is -3.75. The van der Waals surface area contributed by atoms with Crippen LogP contribution in [-0.2, 0) is 14.8 Å². The molecule has 0 spiro atoms. The topological polar surface area (TPSA) is 84.5 Å². The van der Waals surface area contributed by atoms with Crippen LogP contribution in [0.3, 0.4) is 0 Å². The van der Waals surface area contributed by atoms with E-state index in [-0.39, 0.29) is 16.5 Å². The standard InChI is InChI=1S/C21H18Cl2N2O4S/c1-14-5-2-3-7-18(14)25-30(27,28)16-11-9-15(10-12-16)29-13-20(26)24-19-8-4-6-17(22)21(19)23/h2-12,25H,13H2,1H3,(H,24,26). The molecule has 0 unspecified atom stereocenters. The first-order valence-electron chi connectivity index (χ1n) is 8.81. The number of amides is 1. The van der Waals surface area contributed by atoms with Gasteiger partial charge in [-0.15, -0.1) is 0 Å². The number of carbonyl (C=O) groups is 1. The lowest BCUT2D eigenvalue weighted by atomic mass is 10.2. The molecule has 156 valence electrons. The van der Waals surface area contributed by atoms with Gasteiger partial charge in [0.1, 0.15) is 5.75 Å². The van der Waals surface area contributed by atoms with Gasteiger partial charge in [-0.25, -0.2) is 8.42 Å². The summed E-state index contributed by atoms with van der Waals surface area (Å²) in [6.07, 6.45) is 0. The van der Waals surface area contributed by atoms with Crippen LogP contribution in [0, 0.1) is 6.92 Å². The summed E-state index contributed by atoms with van der Waals surface area (Å²) in [5, 5.41) is 3.17. The van der Waals surface area contributed by atoms with Crippen molar-refractivity contribution in [2.75, 3.05) is 16.6 Å². The molecule has 1 amide bonds. The minimum absolute atomic E-state index is 0.0771. The van der Waals surface area contributed by atoms with E-state index in [1.807, 2.05) is 19.1 Å². The molecule has 0 heterocycles. The third-order valence-electron chi connectivity index (χ3n) is 4.12. The first-order valence-corrected chi connectivity index (χ1v) is 11.1. The van der Waals surface area contributed by atoms with E-state index in [0.717, 1.165) is 5.56 Å². The van der Waals surface area contributed by atoms with Crippen LogP contribution in [0.25, 0.3) is 0 Å². The zero-order valence-corrected chi connectivity index (χ0v) is 18.2. The minimum Gasteiger partial charge on any atom is -0.484 e. The number of hydrogen-bond donors (Lipinski definition) is 2. The monoisotopic (exact) mass is 464 g/mol. The second-order valence-corrected chi connectivity index (χ2v) is 8.80. The molecule has 2 N–H and O–H groups in total. The van der Waals surface area contributed by atoms with Gasteiger partial charge in [0.15, 0.2) is 6.61 Å². The molecule has 0 aliphatic carbocycles. The highest BCUT2D eigenvalue weighted by atomic mass is 35.5. The Hall–Kier alpha value is -2.74. The van der Waals surface area contributed by atoms with E-state index in [9.17, 15) is 13.2 Å². The van der Waals surface area contributed by atoms with E-state index >= 15 is 0 Å². The lowest BCUT2D eigenvalue weighted by Gasteiger charge is -2.12. The predicted octanol–water partition coefficient (Wildman–Crippen LogP) is 5.12. The number of carbonyl (C=O) groups excluding carboxylic acids is 1. The summed E-state index contributed by atoms with van der Waals surface area (Å²) in [5.41, 5.74) is 1.70. The fraction of sp³-hybridized carbons (Fsp3) is 0.0952. The molecule has 0 saturated carbocycles. The number of hydrogen-bond acceptors (Lipinski definition) is 4. The number of para-hydroxylation sites is 1. The number of anilines is 2. The Labute approximate surface area is 184 Å². The highest BCUT2D eigenvalue weighted by molar-refractivity contribution is 7.92. The van der Waals surface area contributed by atoms with E-state index in [1.165, 1.54) is 24.3 Å². The van der Waals surface area contributed by atoms with E-state index in [0.29, 0.717) is 22.1 Å². The lowest BCUT2D eigenvalue weighted by molar-refractivity contribution is -0.118. The van der Waals surface area contributed by atoms with Gasteiger partial charge in [-0.05, 0) is 55.0 Å². The Morgan fingerprint density at radius 2 is 1.60 bits per heavy atom. The second-order valence-electron chi connectivity index (χ2n) is 6.33. The van der Waals surface area contributed by atoms with Crippen molar-refractivity contribution in [1.82, 2.24) is 0 Å². The van der Waals surface area contributed by atoms with Gasteiger partial charge < -0.3 is 10.1 Å². The number of ether oxygens (including phenoxy) is 1. The number of aryl methyl sites for hydroxylation is 1. The highest BCUT2D eigenvalue weighted by Crippen LogP contribution is 2.29. The van der Waals surface area contributed by atoms with Gasteiger partial charge >= 0.3 is 0 Å². The molecule has 3 aromatic rings. The zero-order chi connectivity index (χ0) is 21.7. The molecule has 3 aromatic carbocycles. The summed E-state index contributed by atoms with van der Waals surface area (Å²) in [6, 6.07) is 17.7. The number of sulfonamides is 1. The van der Waals surface area contributed by atoms with Crippen LogP contribution in [-0.4, -0.2) is 20.9 Å².